The summed E-state index contributed by atoms with van der Waals surface area (Å²) in [7, 11) is 4.58. The number of rotatable bonds is 8. The van der Waals surface area contributed by atoms with Crippen LogP contribution in [0.4, 0.5) is 4.39 Å². The Morgan fingerprint density at radius 1 is 0.949 bits per heavy atom. The molecule has 1 aliphatic rings. The van der Waals surface area contributed by atoms with E-state index in [1.807, 2.05) is 24.4 Å². The van der Waals surface area contributed by atoms with Gasteiger partial charge in [0.15, 0.2) is 0 Å². The van der Waals surface area contributed by atoms with Gasteiger partial charge in [0.05, 0.1) is 32.9 Å². The highest BCUT2D eigenvalue weighted by molar-refractivity contribution is 6.46. The molecule has 5 rings (SSSR count). The number of aliphatic hydroxyl groups is 1. The Labute approximate surface area is 224 Å². The van der Waals surface area contributed by atoms with Crippen LogP contribution >= 0.6 is 0 Å². The van der Waals surface area contributed by atoms with Crippen molar-refractivity contribution in [2.45, 2.75) is 12.5 Å². The summed E-state index contributed by atoms with van der Waals surface area (Å²) in [4.78, 5) is 31.5. The Morgan fingerprint density at radius 3 is 2.33 bits per heavy atom. The number of carbonyl (C=O) groups excluding carboxylic acids is 2. The molecule has 0 saturated carbocycles. The quantitative estimate of drug-likeness (QED) is 0.189. The Bertz CT molecular complexity index is 1590. The number of hydrogen-bond acceptors (Lipinski definition) is 6. The first-order chi connectivity index (χ1) is 18.9. The fourth-order valence-electron chi connectivity index (χ4n) is 4.98. The second kappa shape index (κ2) is 10.5. The minimum atomic E-state index is -0.972. The van der Waals surface area contributed by atoms with E-state index in [1.54, 1.807) is 25.3 Å². The molecule has 1 amide bonds. The van der Waals surface area contributed by atoms with Crippen molar-refractivity contribution in [2.75, 3.05) is 27.9 Å². The molecule has 2 heterocycles. The number of nitrogens with zero attached hydrogens (tertiary/aromatic N) is 1. The molecule has 3 aromatic carbocycles. The third-order valence-corrected chi connectivity index (χ3v) is 6.99. The monoisotopic (exact) mass is 530 g/mol. The number of nitrogens with one attached hydrogen (secondary N) is 1. The van der Waals surface area contributed by atoms with E-state index in [4.69, 9.17) is 14.2 Å². The van der Waals surface area contributed by atoms with Crippen LogP contribution in [-0.2, 0) is 16.0 Å². The molecular formula is C30H27FN2O6. The predicted molar refractivity (Wildman–Crippen MR) is 144 cm³/mol. The largest absolute Gasteiger partial charge is 0.507 e. The van der Waals surface area contributed by atoms with Gasteiger partial charge in [-0.15, -0.1) is 0 Å². The Hall–Kier alpha value is -4.79. The maximum atomic E-state index is 13.6. The Morgan fingerprint density at radius 2 is 1.64 bits per heavy atom. The van der Waals surface area contributed by atoms with Crippen molar-refractivity contribution in [3.63, 3.8) is 0 Å². The van der Waals surface area contributed by atoms with E-state index in [0.29, 0.717) is 29.2 Å². The number of halogens is 1. The number of aromatic amines is 1. The van der Waals surface area contributed by atoms with E-state index in [2.05, 4.69) is 4.98 Å². The number of ether oxygens (including phenoxy) is 3. The van der Waals surface area contributed by atoms with Crippen molar-refractivity contribution in [2.24, 2.45) is 0 Å². The maximum absolute atomic E-state index is 13.6. The number of methoxy groups -OCH3 is 3. The fraction of sp³-hybridized carbons (Fsp3) is 0.200. The third-order valence-electron chi connectivity index (χ3n) is 6.99. The van der Waals surface area contributed by atoms with Crippen molar-refractivity contribution < 1.29 is 33.3 Å². The van der Waals surface area contributed by atoms with Gasteiger partial charge in [-0.05, 0) is 72.6 Å². The van der Waals surface area contributed by atoms with Gasteiger partial charge in [0.2, 0.25) is 0 Å². The van der Waals surface area contributed by atoms with E-state index in [9.17, 15) is 19.1 Å². The van der Waals surface area contributed by atoms with Crippen LogP contribution in [0.15, 0.2) is 72.4 Å². The first-order valence-electron chi connectivity index (χ1n) is 12.3. The summed E-state index contributed by atoms with van der Waals surface area (Å²) < 4.78 is 29.9. The number of likely N-dealkylation sites (tertiary alicyclic amines) is 1. The van der Waals surface area contributed by atoms with Crippen LogP contribution in [0.5, 0.6) is 17.2 Å². The van der Waals surface area contributed by atoms with E-state index in [0.717, 1.165) is 16.5 Å². The number of Topliss-reactive ketones (excluding diaryl/α,β-unsaturated/α-hetero) is 1. The van der Waals surface area contributed by atoms with Crippen LogP contribution in [0.3, 0.4) is 0 Å². The molecule has 0 aliphatic carbocycles. The highest BCUT2D eigenvalue weighted by Gasteiger charge is 2.47. The van der Waals surface area contributed by atoms with Crippen molar-refractivity contribution >= 4 is 28.4 Å². The molecule has 1 fully saturated rings. The summed E-state index contributed by atoms with van der Waals surface area (Å²) in [5.74, 6) is -0.894. The summed E-state index contributed by atoms with van der Waals surface area (Å²) in [6.07, 6.45) is 2.28. The molecule has 39 heavy (non-hydrogen) atoms. The zero-order valence-corrected chi connectivity index (χ0v) is 21.7. The summed E-state index contributed by atoms with van der Waals surface area (Å²) in [5.41, 5.74) is 2.42. The van der Waals surface area contributed by atoms with Crippen molar-refractivity contribution in [1.82, 2.24) is 9.88 Å². The number of carbonyl (C=O) groups is 2. The van der Waals surface area contributed by atoms with Gasteiger partial charge in [-0.1, -0.05) is 0 Å². The normalized spacial score (nSPS) is 16.6. The number of fused-ring (bicyclic) bond motifs is 1. The lowest BCUT2D eigenvalue weighted by Gasteiger charge is -2.27. The molecule has 0 unspecified atom stereocenters. The number of H-pyrrole nitrogens is 1. The highest BCUT2D eigenvalue weighted by Crippen LogP contribution is 2.44. The van der Waals surface area contributed by atoms with E-state index in [1.165, 1.54) is 43.4 Å². The molecule has 9 heteroatoms. The number of aromatic nitrogens is 1. The van der Waals surface area contributed by atoms with Crippen LogP contribution in [0.1, 0.15) is 22.7 Å². The van der Waals surface area contributed by atoms with Gasteiger partial charge >= 0.3 is 0 Å². The topological polar surface area (TPSA) is 101 Å². The highest BCUT2D eigenvalue weighted by atomic mass is 19.1. The van der Waals surface area contributed by atoms with Gasteiger partial charge < -0.3 is 29.2 Å². The molecule has 1 aliphatic heterocycles. The molecule has 2 N–H and O–H groups in total. The average Bonchev–Trinajstić information content (AvgIpc) is 3.48. The maximum Gasteiger partial charge on any atom is 0.295 e. The standard InChI is InChI=1S/C30H27FN2O6/c1-37-20-8-10-24-22(14-20)18(16-32-24)12-13-33-27(23-15-21(38-2)9-11-25(23)39-3)26(29(35)30(33)36)28(34)17-4-6-19(31)7-5-17/h4-11,14-16,27,32,34H,12-13H2,1-3H3/t27-/m0/s1. The second-order valence-corrected chi connectivity index (χ2v) is 9.08. The van der Waals surface area contributed by atoms with Gasteiger partial charge in [-0.3, -0.25) is 9.59 Å². The molecule has 0 spiro atoms. The molecular weight excluding hydrogens is 503 g/mol. The molecule has 1 saturated heterocycles. The summed E-state index contributed by atoms with van der Waals surface area (Å²) in [6.45, 7) is 0.167. The molecule has 0 bridgehead atoms. The first kappa shape index (κ1) is 25.8. The van der Waals surface area contributed by atoms with Crippen molar-refractivity contribution in [3.05, 3.63) is 94.9 Å². The lowest BCUT2D eigenvalue weighted by atomic mass is 9.94. The van der Waals surface area contributed by atoms with Crippen LogP contribution < -0.4 is 14.2 Å². The molecule has 1 atom stereocenters. The number of benzene rings is 3. The molecule has 200 valence electrons. The number of aliphatic hydroxyl groups excluding tert-OH is 1. The lowest BCUT2D eigenvalue weighted by molar-refractivity contribution is -0.139. The first-order valence-corrected chi connectivity index (χ1v) is 12.3. The smallest absolute Gasteiger partial charge is 0.295 e. The van der Waals surface area contributed by atoms with E-state index >= 15 is 0 Å². The van der Waals surface area contributed by atoms with Gasteiger partial charge in [-0.2, -0.15) is 0 Å². The van der Waals surface area contributed by atoms with Crippen LogP contribution in [0, 0.1) is 5.82 Å². The Balaban J connectivity index is 1.61. The number of hydrogen-bond donors (Lipinski definition) is 2. The second-order valence-electron chi connectivity index (χ2n) is 9.08. The summed E-state index contributed by atoms with van der Waals surface area (Å²) in [6, 6.07) is 14.8. The third kappa shape index (κ3) is 4.67. The number of amides is 1. The minimum absolute atomic E-state index is 0.112. The zero-order valence-electron chi connectivity index (χ0n) is 21.7. The average molecular weight is 531 g/mol. The SMILES string of the molecule is COc1ccc(OC)c([C@H]2C(=C(O)c3ccc(F)cc3)C(=O)C(=O)N2CCc2c[nH]c3ccc(OC)cc23)c1. The molecule has 4 aromatic rings. The van der Waals surface area contributed by atoms with Crippen LogP contribution in [-0.4, -0.2) is 54.6 Å². The molecule has 1 aromatic heterocycles. The van der Waals surface area contributed by atoms with Gasteiger partial charge in [-0.25, -0.2) is 4.39 Å². The zero-order chi connectivity index (χ0) is 27.7. The van der Waals surface area contributed by atoms with Gasteiger partial charge in [0.1, 0.15) is 28.8 Å². The Kier molecular flexibility index (Phi) is 6.98. The van der Waals surface area contributed by atoms with Gasteiger partial charge in [0, 0.05) is 34.8 Å². The number of ketones is 1. The van der Waals surface area contributed by atoms with Crippen LogP contribution in [0.2, 0.25) is 0 Å². The minimum Gasteiger partial charge on any atom is -0.507 e. The molecule has 0 radical (unpaired) electrons. The fourth-order valence-corrected chi connectivity index (χ4v) is 4.98. The predicted octanol–water partition coefficient (Wildman–Crippen LogP) is 5.00. The summed E-state index contributed by atoms with van der Waals surface area (Å²) >= 11 is 0. The van der Waals surface area contributed by atoms with Gasteiger partial charge in [0.25, 0.3) is 11.7 Å². The van der Waals surface area contributed by atoms with E-state index < -0.39 is 29.3 Å². The summed E-state index contributed by atoms with van der Waals surface area (Å²) in [5, 5.41) is 12.2. The lowest BCUT2D eigenvalue weighted by Crippen LogP contribution is -2.31. The van der Waals surface area contributed by atoms with E-state index in [-0.39, 0.29) is 17.7 Å². The molecule has 8 nitrogen and oxygen atoms in total. The van der Waals surface area contributed by atoms with Crippen molar-refractivity contribution in [1.29, 1.82) is 0 Å². The van der Waals surface area contributed by atoms with Crippen LogP contribution in [0.25, 0.3) is 16.7 Å². The van der Waals surface area contributed by atoms with Crippen molar-refractivity contribution in [3.8, 4) is 17.2 Å².